The van der Waals surface area contributed by atoms with Gasteiger partial charge in [0, 0.05) is 45.9 Å². The summed E-state index contributed by atoms with van der Waals surface area (Å²) in [6.45, 7) is 13.7. The van der Waals surface area contributed by atoms with E-state index in [0.717, 1.165) is 84.1 Å². The van der Waals surface area contributed by atoms with Crippen molar-refractivity contribution in [1.29, 1.82) is 0 Å². The number of carbonyl (C=O) groups excluding carboxylic acids is 3. The van der Waals surface area contributed by atoms with Crippen LogP contribution >= 0.6 is 0 Å². The lowest BCUT2D eigenvalue weighted by Crippen LogP contribution is -2.37. The molecule has 0 spiro atoms. The molecule has 3 unspecified atom stereocenters. The van der Waals surface area contributed by atoms with Crippen molar-refractivity contribution in [3.63, 3.8) is 0 Å². The second kappa shape index (κ2) is 18.9. The van der Waals surface area contributed by atoms with Crippen molar-refractivity contribution in [3.8, 4) is 0 Å². The first-order valence-electron chi connectivity index (χ1n) is 12.3. The Hall–Kier alpha value is -1.67. The predicted octanol–water partition coefficient (Wildman–Crippen LogP) is 1.98. The van der Waals surface area contributed by atoms with E-state index >= 15 is 0 Å². The Kier molecular flexibility index (Phi) is 17.9. The summed E-state index contributed by atoms with van der Waals surface area (Å²) in [5, 5.41) is 17.7. The quantitative estimate of drug-likeness (QED) is 0.615. The highest BCUT2D eigenvalue weighted by atomic mass is 16.3. The number of rotatable bonds is 5. The second-order valence-corrected chi connectivity index (χ2v) is 9.00. The first-order valence-corrected chi connectivity index (χ1v) is 12.3. The lowest BCUT2D eigenvalue weighted by Gasteiger charge is -2.32. The average Bonchev–Trinajstić information content (AvgIpc) is 2.81. The van der Waals surface area contributed by atoms with Crippen molar-refractivity contribution >= 4 is 19.2 Å². The highest BCUT2D eigenvalue weighted by molar-refractivity contribution is 5.47. The number of aliphatic hydroxyl groups excluding tert-OH is 2. The number of carbonyl (C=O) groups is 3. The number of aliphatic hydroxyl groups is 2. The Morgan fingerprint density at radius 3 is 1.72 bits per heavy atom. The summed E-state index contributed by atoms with van der Waals surface area (Å²) in [4.78, 5) is 36.1. The van der Waals surface area contributed by atoms with Crippen molar-refractivity contribution in [2.45, 2.75) is 72.3 Å². The van der Waals surface area contributed by atoms with E-state index < -0.39 is 0 Å². The van der Waals surface area contributed by atoms with Crippen molar-refractivity contribution in [2.24, 2.45) is 17.8 Å². The molecule has 0 radical (unpaired) electrons. The van der Waals surface area contributed by atoms with Gasteiger partial charge in [-0.15, -0.1) is 0 Å². The van der Waals surface area contributed by atoms with E-state index in [0.29, 0.717) is 24.3 Å². The maximum absolute atomic E-state index is 10.4. The molecule has 3 fully saturated rings. The standard InChI is InChI=1S/C8H15NO2.C8H15NO.C6H11NO2.C2H6/c10-6-3-8-1-4-9(7-11)5-2-8;1-7-3-8(2)5-9(4-7)6-10;8-5-7-3-1-2-6(9)4-7;1-2/h7-8,10H,1-6H2;6-8H,3-5H2,1-2H3;5-6,9H,1-4H2;1-2H3. The number of amides is 3. The third-order valence-electron chi connectivity index (χ3n) is 5.96. The zero-order chi connectivity index (χ0) is 24.4. The molecule has 0 aromatic rings. The zero-order valence-electron chi connectivity index (χ0n) is 20.7. The molecule has 188 valence electrons. The van der Waals surface area contributed by atoms with Crippen molar-refractivity contribution in [2.75, 3.05) is 45.9 Å². The van der Waals surface area contributed by atoms with Crippen LogP contribution in [0.15, 0.2) is 0 Å². The molecule has 0 aromatic heterocycles. The van der Waals surface area contributed by atoms with Crippen LogP contribution in [0.25, 0.3) is 0 Å². The first-order chi connectivity index (χ1) is 15.4. The minimum absolute atomic E-state index is 0.283. The van der Waals surface area contributed by atoms with Gasteiger partial charge in [-0.05, 0) is 56.3 Å². The van der Waals surface area contributed by atoms with E-state index in [1.165, 1.54) is 6.42 Å². The van der Waals surface area contributed by atoms with E-state index in [4.69, 9.17) is 10.2 Å². The predicted molar refractivity (Wildman–Crippen MR) is 127 cm³/mol. The number of hydrogen-bond acceptors (Lipinski definition) is 5. The average molecular weight is 458 g/mol. The van der Waals surface area contributed by atoms with E-state index in [2.05, 4.69) is 13.8 Å². The molecular weight excluding hydrogens is 410 g/mol. The Morgan fingerprint density at radius 1 is 0.781 bits per heavy atom. The fourth-order valence-corrected chi connectivity index (χ4v) is 4.41. The Labute approximate surface area is 194 Å². The minimum Gasteiger partial charge on any atom is -0.396 e. The molecule has 0 bridgehead atoms. The summed E-state index contributed by atoms with van der Waals surface area (Å²) in [7, 11) is 0. The van der Waals surface area contributed by atoms with E-state index in [-0.39, 0.29) is 12.7 Å². The van der Waals surface area contributed by atoms with Gasteiger partial charge in [0.25, 0.3) is 0 Å². The molecule has 32 heavy (non-hydrogen) atoms. The van der Waals surface area contributed by atoms with Gasteiger partial charge >= 0.3 is 0 Å². The minimum atomic E-state index is -0.288. The number of β-amino-alcohol motifs (C(OH)–C–C–N with tert-alkyl or cyclic N) is 1. The van der Waals surface area contributed by atoms with Gasteiger partial charge in [0.15, 0.2) is 0 Å². The Morgan fingerprint density at radius 2 is 1.31 bits per heavy atom. The molecule has 8 nitrogen and oxygen atoms in total. The van der Waals surface area contributed by atoms with Gasteiger partial charge in [-0.3, -0.25) is 14.4 Å². The molecule has 2 N–H and O–H groups in total. The first kappa shape index (κ1) is 30.3. The number of likely N-dealkylation sites (tertiary alicyclic amines) is 3. The molecule has 8 heteroatoms. The molecule has 3 saturated heterocycles. The maximum atomic E-state index is 10.4. The summed E-state index contributed by atoms with van der Waals surface area (Å²) < 4.78 is 0. The van der Waals surface area contributed by atoms with Gasteiger partial charge < -0.3 is 24.9 Å². The molecule has 3 amide bonds. The number of nitrogens with zero attached hydrogens (tertiary/aromatic N) is 3. The van der Waals surface area contributed by atoms with Gasteiger partial charge in [0.1, 0.15) is 0 Å². The second-order valence-electron chi connectivity index (χ2n) is 9.00. The fraction of sp³-hybridized carbons (Fsp3) is 0.875. The molecule has 3 atom stereocenters. The highest BCUT2D eigenvalue weighted by Crippen LogP contribution is 2.19. The SMILES string of the molecule is CC.CC1CC(C)CN(C=O)C1.O=CN1CCC(CCO)CC1.O=CN1CCCC(O)C1. The third-order valence-corrected chi connectivity index (χ3v) is 5.96. The van der Waals surface area contributed by atoms with Crippen molar-refractivity contribution in [3.05, 3.63) is 0 Å². The molecule has 0 aromatic carbocycles. The Balaban J connectivity index is 0.000000435. The molecular formula is C24H47N3O5. The van der Waals surface area contributed by atoms with Crippen LogP contribution in [0, 0.1) is 17.8 Å². The van der Waals surface area contributed by atoms with Gasteiger partial charge in [-0.1, -0.05) is 27.7 Å². The summed E-state index contributed by atoms with van der Waals surface area (Å²) in [6, 6.07) is 0. The number of piperidine rings is 3. The lowest BCUT2D eigenvalue weighted by molar-refractivity contribution is -0.121. The monoisotopic (exact) mass is 457 g/mol. The highest BCUT2D eigenvalue weighted by Gasteiger charge is 2.20. The van der Waals surface area contributed by atoms with Gasteiger partial charge in [0.05, 0.1) is 6.10 Å². The van der Waals surface area contributed by atoms with Crippen LogP contribution in [0.2, 0.25) is 0 Å². The van der Waals surface area contributed by atoms with Crippen LogP contribution < -0.4 is 0 Å². The lowest BCUT2D eigenvalue weighted by atomic mass is 9.92. The van der Waals surface area contributed by atoms with Crippen molar-refractivity contribution in [1.82, 2.24) is 14.7 Å². The normalized spacial score (nSPS) is 25.7. The van der Waals surface area contributed by atoms with E-state index in [1.54, 1.807) is 9.80 Å². The van der Waals surface area contributed by atoms with Gasteiger partial charge in [0.2, 0.25) is 19.2 Å². The third kappa shape index (κ3) is 13.7. The molecule has 3 heterocycles. The smallest absolute Gasteiger partial charge is 0.209 e. The van der Waals surface area contributed by atoms with Crippen LogP contribution in [-0.4, -0.2) is 96.1 Å². The zero-order valence-corrected chi connectivity index (χ0v) is 20.7. The van der Waals surface area contributed by atoms with Crippen LogP contribution in [0.4, 0.5) is 0 Å². The summed E-state index contributed by atoms with van der Waals surface area (Å²) in [5.41, 5.74) is 0. The summed E-state index contributed by atoms with van der Waals surface area (Å²) in [6.07, 6.45) is 8.42. The summed E-state index contributed by atoms with van der Waals surface area (Å²) >= 11 is 0. The Bertz CT molecular complexity index is 476. The summed E-state index contributed by atoms with van der Waals surface area (Å²) in [5.74, 6) is 2.01. The van der Waals surface area contributed by atoms with Crippen LogP contribution in [0.5, 0.6) is 0 Å². The van der Waals surface area contributed by atoms with E-state index in [9.17, 15) is 14.4 Å². The number of hydrogen-bond donors (Lipinski definition) is 2. The fourth-order valence-electron chi connectivity index (χ4n) is 4.41. The van der Waals surface area contributed by atoms with Gasteiger partial charge in [-0.2, -0.15) is 0 Å². The van der Waals surface area contributed by atoms with Crippen LogP contribution in [0.1, 0.15) is 66.2 Å². The van der Waals surface area contributed by atoms with Gasteiger partial charge in [-0.25, -0.2) is 0 Å². The largest absolute Gasteiger partial charge is 0.396 e. The van der Waals surface area contributed by atoms with Crippen molar-refractivity contribution < 1.29 is 24.6 Å². The van der Waals surface area contributed by atoms with Crippen LogP contribution in [0.3, 0.4) is 0 Å². The maximum Gasteiger partial charge on any atom is 0.209 e. The molecule has 0 saturated carbocycles. The topological polar surface area (TPSA) is 101 Å². The van der Waals surface area contributed by atoms with E-state index in [1.807, 2.05) is 18.7 Å². The molecule has 3 aliphatic rings. The van der Waals surface area contributed by atoms with Crippen LogP contribution in [-0.2, 0) is 14.4 Å². The molecule has 3 rings (SSSR count). The molecule has 0 aliphatic carbocycles. The molecule has 3 aliphatic heterocycles.